The van der Waals surface area contributed by atoms with Crippen molar-refractivity contribution in [1.82, 2.24) is 9.97 Å². The maximum absolute atomic E-state index is 5.55. The molecule has 0 aliphatic heterocycles. The van der Waals surface area contributed by atoms with E-state index in [1.165, 1.54) is 5.56 Å². The van der Waals surface area contributed by atoms with E-state index in [1.54, 1.807) is 13.1 Å². The van der Waals surface area contributed by atoms with Crippen molar-refractivity contribution < 1.29 is 17.0 Å². The van der Waals surface area contributed by atoms with Gasteiger partial charge in [0.15, 0.2) is 0 Å². The first-order valence-electron chi connectivity index (χ1n) is 6.32. The van der Waals surface area contributed by atoms with Gasteiger partial charge >= 0.3 is 23.1 Å². The predicted molar refractivity (Wildman–Crippen MR) is 95.9 cm³/mol. The van der Waals surface area contributed by atoms with Crippen LogP contribution in [0.2, 0.25) is 5.02 Å². The van der Waals surface area contributed by atoms with Gasteiger partial charge in [-0.25, -0.2) is 0 Å². The second kappa shape index (κ2) is 18.9. The van der Waals surface area contributed by atoms with E-state index in [0.717, 1.165) is 17.8 Å². The maximum Gasteiger partial charge on any atom is 2.00 e. The van der Waals surface area contributed by atoms with Crippen LogP contribution in [-0.4, -0.2) is 33.0 Å². The molecule has 0 aliphatic rings. The summed E-state index contributed by atoms with van der Waals surface area (Å²) in [5.41, 5.74) is 3.39. The van der Waals surface area contributed by atoms with Crippen LogP contribution in [0.25, 0.3) is 0 Å². The number of hydrogen-bond acceptors (Lipinski definition) is 2. The van der Waals surface area contributed by atoms with E-state index in [1.807, 2.05) is 38.2 Å². The largest absolute Gasteiger partial charge is 2.00 e. The van der Waals surface area contributed by atoms with Crippen LogP contribution in [0.15, 0.2) is 36.7 Å². The summed E-state index contributed by atoms with van der Waals surface area (Å²) in [5.74, 6) is 0. The van der Waals surface area contributed by atoms with Gasteiger partial charge in [0.1, 0.15) is 0 Å². The van der Waals surface area contributed by atoms with E-state index in [-0.39, 0.29) is 47.5 Å². The first kappa shape index (κ1) is 29.8. The quantitative estimate of drug-likeness (QED) is 0.544. The number of pyridine rings is 2. The molecule has 0 bridgehead atoms. The zero-order chi connectivity index (χ0) is 14.7. The molecular formula is C17H26BrClMgN2. The average Bonchev–Trinajstić information content (AvgIpc) is 2.46. The van der Waals surface area contributed by atoms with Gasteiger partial charge in [-0.3, -0.25) is 9.97 Å². The molecule has 2 nitrogen and oxygen atoms in total. The van der Waals surface area contributed by atoms with Gasteiger partial charge in [0, 0.05) is 23.8 Å². The fourth-order valence-corrected chi connectivity index (χ4v) is 1.27. The molecule has 2 heterocycles. The molecule has 0 fully saturated rings. The number of halogens is 2. The normalized spacial score (nSPS) is 7.55. The molecule has 0 saturated heterocycles. The molecule has 0 aliphatic carbocycles. The van der Waals surface area contributed by atoms with Crippen LogP contribution in [0.3, 0.4) is 0 Å². The standard InChI is InChI=1S/C8H11N.C6H6ClN.C2H5.CH4.BrH.Mg/c1-3-8-5-4-7(2)9-6-8;1-5-2-3-6(7)4-8-5;1-2;;;/h4-6H,3H2,1-2H3;2-4H,1H3;1H2,2H3;1H4;1H;/q;;-1;;;+2/p-1. The molecule has 2 aromatic heterocycles. The Balaban J connectivity index is -0.000000118. The van der Waals surface area contributed by atoms with E-state index in [9.17, 15) is 0 Å². The van der Waals surface area contributed by atoms with E-state index >= 15 is 0 Å². The van der Waals surface area contributed by atoms with Crippen LogP contribution in [0, 0.1) is 20.8 Å². The third kappa shape index (κ3) is 14.8. The minimum absolute atomic E-state index is 0. The molecule has 0 N–H and O–H groups in total. The van der Waals surface area contributed by atoms with Crippen molar-refractivity contribution in [3.63, 3.8) is 0 Å². The van der Waals surface area contributed by atoms with Gasteiger partial charge in [-0.1, -0.05) is 32.0 Å². The maximum atomic E-state index is 5.55. The fourth-order valence-electron chi connectivity index (χ4n) is 1.16. The number of aromatic nitrogens is 2. The van der Waals surface area contributed by atoms with Gasteiger partial charge in [0.25, 0.3) is 0 Å². The summed E-state index contributed by atoms with van der Waals surface area (Å²) in [6.07, 6.45) is 4.64. The third-order valence-electron chi connectivity index (χ3n) is 2.26. The zero-order valence-electron chi connectivity index (χ0n) is 13.2. The van der Waals surface area contributed by atoms with Crippen LogP contribution in [0.5, 0.6) is 0 Å². The van der Waals surface area contributed by atoms with E-state index < -0.39 is 0 Å². The van der Waals surface area contributed by atoms with Crippen molar-refractivity contribution in [3.05, 3.63) is 65.6 Å². The Morgan fingerprint density at radius 1 is 0.955 bits per heavy atom. The number of hydrogen-bond donors (Lipinski definition) is 0. The minimum Gasteiger partial charge on any atom is -1.00 e. The van der Waals surface area contributed by atoms with Crippen LogP contribution in [0.1, 0.15) is 38.2 Å². The van der Waals surface area contributed by atoms with Gasteiger partial charge < -0.3 is 23.9 Å². The van der Waals surface area contributed by atoms with Gasteiger partial charge in [0.2, 0.25) is 0 Å². The Morgan fingerprint density at radius 3 is 1.68 bits per heavy atom. The van der Waals surface area contributed by atoms with E-state index in [2.05, 4.69) is 29.9 Å². The molecule has 0 amide bonds. The van der Waals surface area contributed by atoms with E-state index in [4.69, 9.17) is 11.6 Å². The molecule has 0 unspecified atom stereocenters. The molecule has 0 spiro atoms. The number of aryl methyl sites for hydroxylation is 3. The Bertz CT molecular complexity index is 426. The van der Waals surface area contributed by atoms with Crippen LogP contribution in [-0.2, 0) is 6.42 Å². The summed E-state index contributed by atoms with van der Waals surface area (Å²) in [6.45, 7) is 11.1. The van der Waals surface area contributed by atoms with Crippen molar-refractivity contribution in [1.29, 1.82) is 0 Å². The Morgan fingerprint density at radius 2 is 1.41 bits per heavy atom. The monoisotopic (exact) mass is 396 g/mol. The number of rotatable bonds is 1. The topological polar surface area (TPSA) is 25.8 Å². The molecule has 0 saturated carbocycles. The minimum atomic E-state index is 0. The summed E-state index contributed by atoms with van der Waals surface area (Å²) in [6, 6.07) is 7.85. The molecule has 22 heavy (non-hydrogen) atoms. The smallest absolute Gasteiger partial charge is 1.00 e. The average molecular weight is 398 g/mol. The molecule has 0 atom stereocenters. The van der Waals surface area contributed by atoms with Crippen LogP contribution >= 0.6 is 11.6 Å². The first-order valence-corrected chi connectivity index (χ1v) is 6.70. The van der Waals surface area contributed by atoms with Crippen molar-refractivity contribution in [2.45, 2.75) is 41.5 Å². The third-order valence-corrected chi connectivity index (χ3v) is 2.48. The fraction of sp³-hybridized carbons (Fsp3) is 0.353. The molecule has 5 heteroatoms. The van der Waals surface area contributed by atoms with Crippen molar-refractivity contribution in [2.75, 3.05) is 0 Å². The van der Waals surface area contributed by atoms with Crippen LogP contribution in [0.4, 0.5) is 0 Å². The number of nitrogens with zero attached hydrogens (tertiary/aromatic N) is 2. The second-order valence-corrected chi connectivity index (χ2v) is 4.22. The second-order valence-electron chi connectivity index (χ2n) is 3.78. The molecule has 0 aromatic carbocycles. The molecular weight excluding hydrogens is 372 g/mol. The molecule has 2 aromatic rings. The zero-order valence-corrected chi connectivity index (χ0v) is 17.0. The van der Waals surface area contributed by atoms with Gasteiger partial charge in [-0.15, -0.1) is 0 Å². The van der Waals surface area contributed by atoms with Crippen molar-refractivity contribution in [3.8, 4) is 0 Å². The van der Waals surface area contributed by atoms with Crippen LogP contribution < -0.4 is 17.0 Å². The Labute approximate surface area is 168 Å². The molecule has 0 radical (unpaired) electrons. The summed E-state index contributed by atoms with van der Waals surface area (Å²) < 4.78 is 0. The predicted octanol–water partition coefficient (Wildman–Crippen LogP) is 2.10. The summed E-state index contributed by atoms with van der Waals surface area (Å²) in [5, 5.41) is 0.690. The summed E-state index contributed by atoms with van der Waals surface area (Å²) in [4.78, 5) is 8.10. The van der Waals surface area contributed by atoms with Crippen molar-refractivity contribution >= 4 is 34.7 Å². The van der Waals surface area contributed by atoms with Gasteiger partial charge in [-0.05, 0) is 44.0 Å². The van der Waals surface area contributed by atoms with Gasteiger partial charge in [0.05, 0.1) is 5.02 Å². The Kier molecular flexibility index (Phi) is 25.6. The van der Waals surface area contributed by atoms with E-state index in [0.29, 0.717) is 5.02 Å². The first-order chi connectivity index (χ1) is 9.11. The summed E-state index contributed by atoms with van der Waals surface area (Å²) in [7, 11) is 0. The molecule has 120 valence electrons. The SMILES string of the molecule is C.CCc1ccc(C)nc1.Cc1ccc(Cl)cn1.[Br-].[CH2-]C.[Mg+2]. The summed E-state index contributed by atoms with van der Waals surface area (Å²) >= 11 is 5.55. The molecule has 2 rings (SSSR count). The Hall–Kier alpha value is -0.164. The van der Waals surface area contributed by atoms with Crippen molar-refractivity contribution in [2.24, 2.45) is 0 Å². The van der Waals surface area contributed by atoms with Gasteiger partial charge in [-0.2, -0.15) is 6.92 Å².